The average Bonchev–Trinajstić information content (AvgIpc) is 2.48. The second-order valence-corrected chi connectivity index (χ2v) is 19.8. The molecule has 0 aliphatic heterocycles. The van der Waals surface area contributed by atoms with Crippen molar-refractivity contribution in [1.82, 2.24) is 0 Å². The maximum absolute atomic E-state index is 11.6. The summed E-state index contributed by atoms with van der Waals surface area (Å²) in [7, 11) is 0. The van der Waals surface area contributed by atoms with Crippen LogP contribution in [0.15, 0.2) is 0 Å². The van der Waals surface area contributed by atoms with E-state index in [-0.39, 0.29) is 37.7 Å². The van der Waals surface area contributed by atoms with Crippen LogP contribution in [-0.4, -0.2) is 62.5 Å². The van der Waals surface area contributed by atoms with Gasteiger partial charge in [-0.25, -0.2) is 0 Å². The molecular weight excluding hydrogens is 486 g/mol. The molecule has 4 nitrogen and oxygen atoms in total. The van der Waals surface area contributed by atoms with Gasteiger partial charge < -0.3 is 18.8 Å². The van der Waals surface area contributed by atoms with Gasteiger partial charge in [-0.2, -0.15) is 0 Å². The molecule has 0 N–H and O–H groups in total. The van der Waals surface area contributed by atoms with Crippen molar-refractivity contribution < 1.29 is 18.8 Å². The second-order valence-electron chi connectivity index (χ2n) is 7.65. The van der Waals surface area contributed by atoms with Gasteiger partial charge in [-0.3, -0.25) is 0 Å². The Morgan fingerprint density at radius 1 is 0.667 bits per heavy atom. The molecule has 0 aromatic rings. The fourth-order valence-corrected chi connectivity index (χ4v) is 8.27. The number of hydrogen-bond acceptors (Lipinski definition) is 8. The third kappa shape index (κ3) is 29.1. The SMILES string of the molecule is CC(C)COP([O-])(=S)SCC(C)C.CC(C)COP([O-])(=S)SCC(C)C.[Ca+2]. The van der Waals surface area contributed by atoms with E-state index in [4.69, 9.17) is 32.7 Å². The molecule has 0 saturated carbocycles. The van der Waals surface area contributed by atoms with Crippen molar-refractivity contribution in [3.63, 3.8) is 0 Å². The summed E-state index contributed by atoms with van der Waals surface area (Å²) in [6.45, 7) is 17.3. The van der Waals surface area contributed by atoms with Crippen LogP contribution in [-0.2, 0) is 32.7 Å². The Morgan fingerprint density at radius 2 is 0.926 bits per heavy atom. The van der Waals surface area contributed by atoms with Crippen LogP contribution in [0.1, 0.15) is 55.4 Å². The van der Waals surface area contributed by atoms with E-state index in [0.717, 1.165) is 11.5 Å². The van der Waals surface area contributed by atoms with Crippen LogP contribution in [0.2, 0.25) is 0 Å². The maximum Gasteiger partial charge on any atom is 2.00 e. The Morgan fingerprint density at radius 3 is 1.11 bits per heavy atom. The summed E-state index contributed by atoms with van der Waals surface area (Å²) in [5.74, 6) is 3.39. The molecule has 0 aromatic heterocycles. The summed E-state index contributed by atoms with van der Waals surface area (Å²) >= 11 is 12.3. The molecule has 11 heteroatoms. The Kier molecular flexibility index (Phi) is 24.0. The second kappa shape index (κ2) is 18.7. The van der Waals surface area contributed by atoms with Gasteiger partial charge in [-0.1, -0.05) is 79.0 Å². The molecule has 0 aliphatic carbocycles. The van der Waals surface area contributed by atoms with Gasteiger partial charge in [-0.15, -0.1) is 22.8 Å². The fraction of sp³-hybridized carbons (Fsp3) is 1.00. The first-order chi connectivity index (χ1) is 11.7. The van der Waals surface area contributed by atoms with Gasteiger partial charge in [0.1, 0.15) is 0 Å². The predicted molar refractivity (Wildman–Crippen MR) is 130 cm³/mol. The predicted octanol–water partition coefficient (Wildman–Crippen LogP) is 4.89. The van der Waals surface area contributed by atoms with Crippen LogP contribution in [0.25, 0.3) is 0 Å². The molecule has 27 heavy (non-hydrogen) atoms. The smallest absolute Gasteiger partial charge is 0.793 e. The zero-order valence-corrected chi connectivity index (χ0v) is 25.3. The first-order valence-corrected chi connectivity index (χ1v) is 17.3. The van der Waals surface area contributed by atoms with Crippen molar-refractivity contribution in [3.05, 3.63) is 0 Å². The van der Waals surface area contributed by atoms with Gasteiger partial charge in [-0.05, 0) is 23.7 Å². The van der Waals surface area contributed by atoms with Crippen molar-refractivity contribution in [2.24, 2.45) is 23.7 Å². The molecule has 0 fully saturated rings. The zero-order chi connectivity index (χ0) is 21.0. The van der Waals surface area contributed by atoms with E-state index in [0.29, 0.717) is 36.9 Å². The molecule has 0 spiro atoms. The summed E-state index contributed by atoms with van der Waals surface area (Å²) < 4.78 is 10.3. The van der Waals surface area contributed by atoms with Crippen molar-refractivity contribution >= 4 is 95.5 Å². The largest absolute Gasteiger partial charge is 2.00 e. The van der Waals surface area contributed by atoms with Gasteiger partial charge >= 0.3 is 37.7 Å². The van der Waals surface area contributed by atoms with E-state index in [1.54, 1.807) is 0 Å². The molecule has 0 amide bonds. The summed E-state index contributed by atoms with van der Waals surface area (Å²) in [6.07, 6.45) is 0. The molecule has 0 rings (SSSR count). The van der Waals surface area contributed by atoms with Crippen LogP contribution in [0.3, 0.4) is 0 Å². The number of hydrogen-bond donors (Lipinski definition) is 0. The molecule has 2 unspecified atom stereocenters. The van der Waals surface area contributed by atoms with E-state index >= 15 is 0 Å². The normalized spacial score (nSPS) is 15.9. The van der Waals surface area contributed by atoms with E-state index in [1.807, 2.05) is 27.7 Å². The van der Waals surface area contributed by atoms with Crippen LogP contribution >= 0.6 is 34.2 Å². The third-order valence-electron chi connectivity index (χ3n) is 2.26. The molecule has 0 radical (unpaired) electrons. The minimum atomic E-state index is -2.80. The van der Waals surface area contributed by atoms with Crippen molar-refractivity contribution in [2.45, 2.75) is 55.4 Å². The van der Waals surface area contributed by atoms with E-state index in [9.17, 15) is 9.79 Å². The molecular formula is C16H36CaO4P2S4. The molecule has 0 saturated heterocycles. The zero-order valence-electron chi connectivity index (χ0n) is 18.0. The summed E-state index contributed by atoms with van der Waals surface area (Å²) in [5, 5.41) is 0. The van der Waals surface area contributed by atoms with E-state index in [1.165, 1.54) is 22.8 Å². The van der Waals surface area contributed by atoms with E-state index < -0.39 is 11.4 Å². The summed E-state index contributed by atoms with van der Waals surface area (Å²) in [4.78, 5) is 23.2. The van der Waals surface area contributed by atoms with Crippen molar-refractivity contribution in [1.29, 1.82) is 0 Å². The van der Waals surface area contributed by atoms with Crippen LogP contribution < -0.4 is 9.79 Å². The van der Waals surface area contributed by atoms with Crippen LogP contribution in [0.4, 0.5) is 0 Å². The molecule has 0 heterocycles. The van der Waals surface area contributed by atoms with Gasteiger partial charge in [0.2, 0.25) is 0 Å². The Hall–Kier alpha value is 3.10. The minimum absolute atomic E-state index is 0. The standard InChI is InChI=1S/2C8H19O2PS2.Ca/c2*1-7(2)5-10-11(9,12)13-6-8(3)4;/h2*7-8H,5-6H2,1-4H3,(H,9,12);/q;;+2/p-2. The molecule has 0 bridgehead atoms. The van der Waals surface area contributed by atoms with E-state index in [2.05, 4.69) is 27.7 Å². The van der Waals surface area contributed by atoms with Crippen molar-refractivity contribution in [2.75, 3.05) is 24.7 Å². The van der Waals surface area contributed by atoms with Crippen LogP contribution in [0, 0.1) is 23.7 Å². The minimum Gasteiger partial charge on any atom is -0.793 e. The first kappa shape index (κ1) is 34.7. The first-order valence-electron chi connectivity index (χ1n) is 8.87. The summed E-state index contributed by atoms with van der Waals surface area (Å²) in [6, 6.07) is 0. The quantitative estimate of drug-likeness (QED) is 0.265. The Labute approximate surface area is 215 Å². The monoisotopic (exact) mass is 522 g/mol. The topological polar surface area (TPSA) is 64.6 Å². The Balaban J connectivity index is -0.000000411. The van der Waals surface area contributed by atoms with Gasteiger partial charge in [0.25, 0.3) is 0 Å². The maximum atomic E-state index is 11.6. The third-order valence-corrected chi connectivity index (χ3v) is 11.4. The average molecular weight is 523 g/mol. The van der Waals surface area contributed by atoms with Crippen LogP contribution in [0.5, 0.6) is 0 Å². The van der Waals surface area contributed by atoms with Crippen molar-refractivity contribution in [3.8, 4) is 0 Å². The van der Waals surface area contributed by atoms with Gasteiger partial charge in [0.15, 0.2) is 0 Å². The molecule has 0 aliphatic rings. The molecule has 2 atom stereocenters. The summed E-state index contributed by atoms with van der Waals surface area (Å²) in [5.41, 5.74) is -5.60. The van der Waals surface area contributed by atoms with Gasteiger partial charge in [0.05, 0.1) is 13.2 Å². The fourth-order valence-electron chi connectivity index (χ4n) is 1.04. The number of rotatable bonds is 12. The Bertz CT molecular complexity index is 380. The molecule has 160 valence electrons. The van der Waals surface area contributed by atoms with Gasteiger partial charge in [0, 0.05) is 22.9 Å². The molecule has 0 aromatic carbocycles.